The molecule has 1 aromatic heterocycles. The van der Waals surface area contributed by atoms with Gasteiger partial charge in [-0.2, -0.15) is 4.98 Å². The van der Waals surface area contributed by atoms with Crippen molar-refractivity contribution in [2.45, 2.75) is 11.8 Å². The fourth-order valence-electron chi connectivity index (χ4n) is 1.60. The molecule has 0 saturated carbocycles. The predicted molar refractivity (Wildman–Crippen MR) is 79.0 cm³/mol. The van der Waals surface area contributed by atoms with Crippen molar-refractivity contribution in [2.24, 2.45) is 0 Å². The van der Waals surface area contributed by atoms with Crippen LogP contribution in [0.2, 0.25) is 0 Å². The quantitative estimate of drug-likeness (QED) is 0.648. The molecule has 0 aliphatic heterocycles. The predicted octanol–water partition coefficient (Wildman–Crippen LogP) is 3.00. The van der Waals surface area contributed by atoms with Gasteiger partial charge >= 0.3 is 0 Å². The monoisotopic (exact) mass is 275 g/mol. The minimum atomic E-state index is 0.589. The van der Waals surface area contributed by atoms with Gasteiger partial charge in [0, 0.05) is 23.3 Å². The van der Waals surface area contributed by atoms with Gasteiger partial charge in [0.1, 0.15) is 11.6 Å². The van der Waals surface area contributed by atoms with Crippen LogP contribution in [0.4, 0.5) is 5.82 Å². The molecule has 100 valence electrons. The molecule has 2 aromatic rings. The molecule has 5 heteroatoms. The van der Waals surface area contributed by atoms with Crippen LogP contribution in [0.1, 0.15) is 5.82 Å². The average molecular weight is 275 g/mol. The molecule has 0 spiro atoms. The van der Waals surface area contributed by atoms with Crippen LogP contribution >= 0.6 is 11.8 Å². The summed E-state index contributed by atoms with van der Waals surface area (Å²) in [5, 5.41) is 3.28. The standard InChI is InChI=1S/C14H17N3OS/c1-11-16-13(10-14(17-11)18-2)15-8-9-19-12-6-4-3-5-7-12/h3-7,10H,8-9H2,1-2H3,(H,15,16,17). The summed E-state index contributed by atoms with van der Waals surface area (Å²) in [6, 6.07) is 12.2. The van der Waals surface area contributed by atoms with Crippen molar-refractivity contribution in [1.29, 1.82) is 0 Å². The molecule has 1 aromatic carbocycles. The third-order valence-electron chi connectivity index (χ3n) is 2.44. The lowest BCUT2D eigenvalue weighted by Gasteiger charge is -2.07. The number of ether oxygens (including phenoxy) is 1. The van der Waals surface area contributed by atoms with Crippen LogP contribution in [-0.2, 0) is 0 Å². The zero-order valence-electron chi connectivity index (χ0n) is 11.1. The van der Waals surface area contributed by atoms with Crippen LogP contribution in [0, 0.1) is 6.92 Å². The van der Waals surface area contributed by atoms with Crippen molar-refractivity contribution in [3.05, 3.63) is 42.2 Å². The number of nitrogens with zero attached hydrogens (tertiary/aromatic N) is 2. The fourth-order valence-corrected chi connectivity index (χ4v) is 2.39. The summed E-state index contributed by atoms with van der Waals surface area (Å²) < 4.78 is 5.11. The van der Waals surface area contributed by atoms with Crippen LogP contribution in [0.15, 0.2) is 41.3 Å². The highest BCUT2D eigenvalue weighted by atomic mass is 32.2. The average Bonchev–Trinajstić information content (AvgIpc) is 2.44. The summed E-state index contributed by atoms with van der Waals surface area (Å²) in [6.45, 7) is 2.70. The number of thioether (sulfide) groups is 1. The fraction of sp³-hybridized carbons (Fsp3) is 0.286. The molecule has 0 amide bonds. The molecule has 0 bridgehead atoms. The van der Waals surface area contributed by atoms with Crippen LogP contribution < -0.4 is 10.1 Å². The second-order valence-corrected chi connectivity index (χ2v) is 5.10. The van der Waals surface area contributed by atoms with Gasteiger partial charge in [-0.05, 0) is 19.1 Å². The van der Waals surface area contributed by atoms with E-state index in [0.29, 0.717) is 11.7 Å². The molecule has 1 N–H and O–H groups in total. The van der Waals surface area contributed by atoms with Crippen molar-refractivity contribution in [3.8, 4) is 5.88 Å². The zero-order chi connectivity index (χ0) is 13.5. The summed E-state index contributed by atoms with van der Waals surface area (Å²) in [4.78, 5) is 9.74. The lowest BCUT2D eigenvalue weighted by molar-refractivity contribution is 0.396. The number of methoxy groups -OCH3 is 1. The second kappa shape index (κ2) is 6.99. The van der Waals surface area contributed by atoms with Crippen LogP contribution in [0.3, 0.4) is 0 Å². The van der Waals surface area contributed by atoms with E-state index in [1.165, 1.54) is 4.90 Å². The molecule has 0 fully saturated rings. The summed E-state index contributed by atoms with van der Waals surface area (Å²) in [5.41, 5.74) is 0. The first-order valence-corrected chi connectivity index (χ1v) is 7.08. The zero-order valence-corrected chi connectivity index (χ0v) is 11.9. The van der Waals surface area contributed by atoms with E-state index in [4.69, 9.17) is 4.74 Å². The van der Waals surface area contributed by atoms with Crippen molar-refractivity contribution >= 4 is 17.6 Å². The van der Waals surface area contributed by atoms with E-state index in [0.717, 1.165) is 18.1 Å². The van der Waals surface area contributed by atoms with Gasteiger partial charge in [0.2, 0.25) is 5.88 Å². The molecule has 0 saturated heterocycles. The number of hydrogen-bond donors (Lipinski definition) is 1. The number of rotatable bonds is 6. The van der Waals surface area contributed by atoms with Crippen molar-refractivity contribution in [1.82, 2.24) is 9.97 Å². The molecule has 19 heavy (non-hydrogen) atoms. The lowest BCUT2D eigenvalue weighted by Crippen LogP contribution is -2.07. The van der Waals surface area contributed by atoms with Gasteiger partial charge < -0.3 is 10.1 Å². The minimum Gasteiger partial charge on any atom is -0.481 e. The molecule has 0 aliphatic rings. The first-order valence-electron chi connectivity index (χ1n) is 6.09. The van der Waals surface area contributed by atoms with Crippen molar-refractivity contribution in [2.75, 3.05) is 24.7 Å². The van der Waals surface area contributed by atoms with Crippen LogP contribution in [-0.4, -0.2) is 29.4 Å². The summed E-state index contributed by atoms with van der Waals surface area (Å²) >= 11 is 1.82. The lowest BCUT2D eigenvalue weighted by atomic mass is 10.4. The number of anilines is 1. The number of nitrogens with one attached hydrogen (secondary N) is 1. The van der Waals surface area contributed by atoms with Crippen LogP contribution in [0.5, 0.6) is 5.88 Å². The Morgan fingerprint density at radius 3 is 2.74 bits per heavy atom. The molecule has 2 rings (SSSR count). The maximum Gasteiger partial charge on any atom is 0.218 e. The molecule has 1 heterocycles. The summed E-state index contributed by atoms with van der Waals surface area (Å²) in [5.74, 6) is 3.08. The second-order valence-electron chi connectivity index (χ2n) is 3.93. The van der Waals surface area contributed by atoms with Gasteiger partial charge in [0.15, 0.2) is 0 Å². The van der Waals surface area contributed by atoms with E-state index in [9.17, 15) is 0 Å². The Hall–Kier alpha value is -1.75. The Balaban J connectivity index is 1.81. The van der Waals surface area contributed by atoms with Gasteiger partial charge in [0.25, 0.3) is 0 Å². The topological polar surface area (TPSA) is 47.0 Å². The molecular weight excluding hydrogens is 258 g/mol. The minimum absolute atomic E-state index is 0.589. The van der Waals surface area contributed by atoms with E-state index in [1.807, 2.05) is 24.8 Å². The molecule has 0 atom stereocenters. The van der Waals surface area contributed by atoms with E-state index < -0.39 is 0 Å². The Bertz CT molecular complexity index is 519. The number of benzene rings is 1. The highest BCUT2D eigenvalue weighted by Crippen LogP contribution is 2.17. The Morgan fingerprint density at radius 1 is 1.21 bits per heavy atom. The highest BCUT2D eigenvalue weighted by Gasteiger charge is 2.01. The Kier molecular flexibility index (Phi) is 5.03. The van der Waals surface area contributed by atoms with Gasteiger partial charge in [-0.15, -0.1) is 11.8 Å². The largest absolute Gasteiger partial charge is 0.481 e. The molecule has 0 radical (unpaired) electrons. The van der Waals surface area contributed by atoms with E-state index >= 15 is 0 Å². The number of aromatic nitrogens is 2. The van der Waals surface area contributed by atoms with E-state index in [1.54, 1.807) is 13.2 Å². The molecule has 4 nitrogen and oxygen atoms in total. The third-order valence-corrected chi connectivity index (χ3v) is 3.46. The summed E-state index contributed by atoms with van der Waals surface area (Å²) in [6.07, 6.45) is 0. The Morgan fingerprint density at radius 2 is 2.00 bits per heavy atom. The van der Waals surface area contributed by atoms with Crippen LogP contribution in [0.25, 0.3) is 0 Å². The normalized spacial score (nSPS) is 10.2. The molecular formula is C14H17N3OS. The number of aryl methyl sites for hydroxylation is 1. The van der Waals surface area contributed by atoms with Gasteiger partial charge in [-0.25, -0.2) is 4.98 Å². The van der Waals surface area contributed by atoms with Gasteiger partial charge in [-0.1, -0.05) is 18.2 Å². The molecule has 0 unspecified atom stereocenters. The SMILES string of the molecule is COc1cc(NCCSc2ccccc2)nc(C)n1. The Labute approximate surface area is 117 Å². The van der Waals surface area contributed by atoms with Gasteiger partial charge in [0.05, 0.1) is 7.11 Å². The van der Waals surface area contributed by atoms with Crippen molar-refractivity contribution in [3.63, 3.8) is 0 Å². The first-order chi connectivity index (χ1) is 9.28. The first kappa shape index (κ1) is 13.7. The summed E-state index contributed by atoms with van der Waals surface area (Å²) in [7, 11) is 1.61. The third kappa shape index (κ3) is 4.44. The van der Waals surface area contributed by atoms with E-state index in [-0.39, 0.29) is 0 Å². The van der Waals surface area contributed by atoms with Crippen molar-refractivity contribution < 1.29 is 4.74 Å². The highest BCUT2D eigenvalue weighted by molar-refractivity contribution is 7.99. The maximum absolute atomic E-state index is 5.11. The van der Waals surface area contributed by atoms with Gasteiger partial charge in [-0.3, -0.25) is 0 Å². The smallest absolute Gasteiger partial charge is 0.218 e. The molecule has 0 aliphatic carbocycles. The number of hydrogen-bond acceptors (Lipinski definition) is 5. The maximum atomic E-state index is 5.11. The van der Waals surface area contributed by atoms with E-state index in [2.05, 4.69) is 39.6 Å².